The molecule has 0 aromatic heterocycles. The lowest BCUT2D eigenvalue weighted by Crippen LogP contribution is -2.50. The lowest BCUT2D eigenvalue weighted by atomic mass is 10.1. The molecule has 0 radical (unpaired) electrons. The molecule has 1 atom stereocenters. The van der Waals surface area contributed by atoms with Crippen molar-refractivity contribution in [3.63, 3.8) is 0 Å². The summed E-state index contributed by atoms with van der Waals surface area (Å²) in [4.78, 5) is 27.3. The predicted octanol–water partition coefficient (Wildman–Crippen LogP) is 3.68. The van der Waals surface area contributed by atoms with Gasteiger partial charge in [-0.2, -0.15) is 0 Å². The monoisotopic (exact) mass is 448 g/mol. The summed E-state index contributed by atoms with van der Waals surface area (Å²) in [5.41, 5.74) is 0.864. The smallest absolute Gasteiger partial charge is 0.261 e. The number of nitrogens with zero attached hydrogens (tertiary/aromatic N) is 1. The van der Waals surface area contributed by atoms with Gasteiger partial charge in [0.25, 0.3) is 5.91 Å². The molecule has 0 bridgehead atoms. The van der Waals surface area contributed by atoms with E-state index in [1.54, 1.807) is 30.3 Å². The van der Waals surface area contributed by atoms with E-state index in [2.05, 4.69) is 5.32 Å². The fraction of sp³-hybridized carbons (Fsp3) is 0.391. The maximum Gasteiger partial charge on any atom is 0.261 e. The zero-order valence-corrected chi connectivity index (χ0v) is 19.1. The Hall–Kier alpha value is -2.93. The van der Waals surface area contributed by atoms with Crippen LogP contribution in [0.25, 0.3) is 0 Å². The number of carbonyl (C=O) groups is 2. The maximum absolute atomic E-state index is 13.1. The Morgan fingerprint density at radius 1 is 1.00 bits per heavy atom. The van der Waals surface area contributed by atoms with E-state index in [9.17, 15) is 9.59 Å². The molecule has 0 fully saturated rings. The summed E-state index contributed by atoms with van der Waals surface area (Å²) in [6, 6.07) is 11.6. The van der Waals surface area contributed by atoms with Gasteiger partial charge in [-0.1, -0.05) is 30.7 Å². The summed E-state index contributed by atoms with van der Waals surface area (Å²) in [7, 11) is 3.07. The highest BCUT2D eigenvalue weighted by molar-refractivity contribution is 6.30. The van der Waals surface area contributed by atoms with E-state index < -0.39 is 6.04 Å². The molecule has 0 aliphatic heterocycles. The average molecular weight is 449 g/mol. The van der Waals surface area contributed by atoms with Gasteiger partial charge in [-0.25, -0.2) is 0 Å². The number of methoxy groups -OCH3 is 2. The molecule has 2 aromatic carbocycles. The largest absolute Gasteiger partial charge is 0.496 e. The zero-order chi connectivity index (χ0) is 22.8. The minimum atomic E-state index is -0.619. The van der Waals surface area contributed by atoms with Gasteiger partial charge in [0, 0.05) is 36.3 Å². The first kappa shape index (κ1) is 24.3. The fourth-order valence-corrected chi connectivity index (χ4v) is 3.22. The Morgan fingerprint density at radius 2 is 1.58 bits per heavy atom. The molecule has 1 N–H and O–H groups in total. The van der Waals surface area contributed by atoms with Crippen LogP contribution in [0.5, 0.6) is 17.2 Å². The molecule has 31 heavy (non-hydrogen) atoms. The summed E-state index contributed by atoms with van der Waals surface area (Å²) in [6.45, 7) is 4.22. The van der Waals surface area contributed by atoms with Gasteiger partial charge in [-0.3, -0.25) is 9.59 Å². The Labute approximate surface area is 188 Å². The van der Waals surface area contributed by atoms with E-state index in [1.807, 2.05) is 26.0 Å². The van der Waals surface area contributed by atoms with Gasteiger partial charge in [0.15, 0.2) is 6.61 Å². The first-order valence-corrected chi connectivity index (χ1v) is 10.5. The Balaban J connectivity index is 2.22. The number of likely N-dealkylation sites (N-methyl/N-ethyl adjacent to an activating group) is 1. The summed E-state index contributed by atoms with van der Waals surface area (Å²) >= 11 is 5.97. The summed E-state index contributed by atoms with van der Waals surface area (Å²) in [5.74, 6) is 1.02. The van der Waals surface area contributed by atoms with Crippen LogP contribution in [0, 0.1) is 0 Å². The highest BCUT2D eigenvalue weighted by Gasteiger charge is 2.28. The van der Waals surface area contributed by atoms with Crippen molar-refractivity contribution < 1.29 is 23.8 Å². The fourth-order valence-electron chi connectivity index (χ4n) is 3.09. The van der Waals surface area contributed by atoms with Crippen LogP contribution in [0.15, 0.2) is 42.5 Å². The van der Waals surface area contributed by atoms with Crippen LogP contribution in [0.4, 0.5) is 0 Å². The van der Waals surface area contributed by atoms with Crippen LogP contribution < -0.4 is 19.5 Å². The molecule has 1 unspecified atom stereocenters. The number of halogens is 1. The van der Waals surface area contributed by atoms with Crippen molar-refractivity contribution >= 4 is 23.4 Å². The van der Waals surface area contributed by atoms with Gasteiger partial charge in [0.05, 0.1) is 14.2 Å². The number of hydrogen-bond acceptors (Lipinski definition) is 5. The molecule has 7 nitrogen and oxygen atoms in total. The second-order valence-electron chi connectivity index (χ2n) is 6.80. The van der Waals surface area contributed by atoms with E-state index >= 15 is 0 Å². The third-order valence-corrected chi connectivity index (χ3v) is 4.94. The van der Waals surface area contributed by atoms with Gasteiger partial charge in [0.2, 0.25) is 5.91 Å². The predicted molar refractivity (Wildman–Crippen MR) is 120 cm³/mol. The number of carbonyl (C=O) groups excluding carboxylic acids is 2. The highest BCUT2D eigenvalue weighted by Crippen LogP contribution is 2.27. The molecule has 168 valence electrons. The normalized spacial score (nSPS) is 11.4. The standard InChI is InChI=1S/C23H29ClN2O5/c1-5-21(23(28)25-6-2)26(14-16-7-9-17(24)10-8-16)22(27)15-31-20-12-18(29-3)11-19(13-20)30-4/h7-13,21H,5-6,14-15H2,1-4H3,(H,25,28). The molecule has 8 heteroatoms. The van der Waals surface area contributed by atoms with Crippen LogP contribution in [-0.4, -0.2) is 50.1 Å². The molecule has 0 spiro atoms. The van der Waals surface area contributed by atoms with Gasteiger partial charge in [-0.05, 0) is 31.0 Å². The Morgan fingerprint density at radius 3 is 2.10 bits per heavy atom. The van der Waals surface area contributed by atoms with Crippen molar-refractivity contribution in [3.05, 3.63) is 53.1 Å². The van der Waals surface area contributed by atoms with E-state index in [0.717, 1.165) is 5.56 Å². The second kappa shape index (κ2) is 12.1. The number of ether oxygens (including phenoxy) is 3. The number of nitrogens with one attached hydrogen (secondary N) is 1. The van der Waals surface area contributed by atoms with Crippen molar-refractivity contribution in [1.82, 2.24) is 10.2 Å². The molecule has 0 saturated carbocycles. The van der Waals surface area contributed by atoms with E-state index in [4.69, 9.17) is 25.8 Å². The third kappa shape index (κ3) is 7.07. The number of rotatable bonds is 11. The van der Waals surface area contributed by atoms with E-state index in [1.165, 1.54) is 19.1 Å². The lowest BCUT2D eigenvalue weighted by molar-refractivity contribution is -0.142. The van der Waals surface area contributed by atoms with Crippen LogP contribution >= 0.6 is 11.6 Å². The first-order chi connectivity index (χ1) is 14.9. The second-order valence-corrected chi connectivity index (χ2v) is 7.24. The van der Waals surface area contributed by atoms with Crippen LogP contribution in [-0.2, 0) is 16.1 Å². The molecule has 2 aromatic rings. The van der Waals surface area contributed by atoms with E-state index in [-0.39, 0.29) is 25.0 Å². The summed E-state index contributed by atoms with van der Waals surface area (Å²) in [5, 5.41) is 3.41. The van der Waals surface area contributed by atoms with Gasteiger partial charge >= 0.3 is 0 Å². The first-order valence-electron chi connectivity index (χ1n) is 10.1. The average Bonchev–Trinajstić information content (AvgIpc) is 2.78. The Kier molecular flexibility index (Phi) is 9.46. The topological polar surface area (TPSA) is 77.1 Å². The van der Waals surface area contributed by atoms with Crippen molar-refractivity contribution in [2.24, 2.45) is 0 Å². The number of hydrogen-bond donors (Lipinski definition) is 1. The van der Waals surface area contributed by atoms with Gasteiger partial charge < -0.3 is 24.4 Å². The van der Waals surface area contributed by atoms with Crippen LogP contribution in [0.1, 0.15) is 25.8 Å². The molecule has 0 aliphatic carbocycles. The molecule has 0 heterocycles. The minimum Gasteiger partial charge on any atom is -0.496 e. The zero-order valence-electron chi connectivity index (χ0n) is 18.3. The molecule has 0 saturated heterocycles. The Bertz CT molecular complexity index is 851. The van der Waals surface area contributed by atoms with Crippen molar-refractivity contribution in [2.45, 2.75) is 32.9 Å². The number of amides is 2. The van der Waals surface area contributed by atoms with Crippen LogP contribution in [0.2, 0.25) is 5.02 Å². The maximum atomic E-state index is 13.1. The summed E-state index contributed by atoms with van der Waals surface area (Å²) in [6.07, 6.45) is 0.470. The molecule has 2 rings (SSSR count). The molecular weight excluding hydrogens is 420 g/mol. The lowest BCUT2D eigenvalue weighted by Gasteiger charge is -2.30. The van der Waals surface area contributed by atoms with Crippen LogP contribution in [0.3, 0.4) is 0 Å². The van der Waals surface area contributed by atoms with E-state index in [0.29, 0.717) is 35.2 Å². The van der Waals surface area contributed by atoms with Crippen molar-refractivity contribution in [1.29, 1.82) is 0 Å². The molecule has 2 amide bonds. The quantitative estimate of drug-likeness (QED) is 0.567. The minimum absolute atomic E-state index is 0.199. The van der Waals surface area contributed by atoms with Crippen molar-refractivity contribution in [2.75, 3.05) is 27.4 Å². The third-order valence-electron chi connectivity index (χ3n) is 4.69. The number of benzene rings is 2. The molecular formula is C23H29ClN2O5. The van der Waals surface area contributed by atoms with Gasteiger partial charge in [0.1, 0.15) is 23.3 Å². The molecule has 0 aliphatic rings. The summed E-state index contributed by atoms with van der Waals surface area (Å²) < 4.78 is 16.2. The van der Waals surface area contributed by atoms with Gasteiger partial charge in [-0.15, -0.1) is 0 Å². The van der Waals surface area contributed by atoms with Crippen molar-refractivity contribution in [3.8, 4) is 17.2 Å². The SMILES string of the molecule is CCNC(=O)C(CC)N(Cc1ccc(Cl)cc1)C(=O)COc1cc(OC)cc(OC)c1. The highest BCUT2D eigenvalue weighted by atomic mass is 35.5.